The Morgan fingerprint density at radius 1 is 1.29 bits per heavy atom. The minimum absolute atomic E-state index is 0.206. The van der Waals surface area contributed by atoms with E-state index in [-0.39, 0.29) is 5.91 Å². The van der Waals surface area contributed by atoms with E-state index in [1.165, 1.54) is 0 Å². The van der Waals surface area contributed by atoms with E-state index in [1.54, 1.807) is 19.4 Å². The van der Waals surface area contributed by atoms with Crippen molar-refractivity contribution in [2.75, 3.05) is 19.0 Å². The monoisotopic (exact) mass is 286 g/mol. The summed E-state index contributed by atoms with van der Waals surface area (Å²) in [5.74, 6) is 0.827. The summed E-state index contributed by atoms with van der Waals surface area (Å²) in [5.41, 5.74) is 1.07. The van der Waals surface area contributed by atoms with Gasteiger partial charge in [0.25, 0.3) is 5.91 Å². The fraction of sp³-hybridized carbons (Fsp3) is 0.267. The highest BCUT2D eigenvalue weighted by atomic mass is 16.5. The van der Waals surface area contributed by atoms with Gasteiger partial charge in [0, 0.05) is 12.7 Å². The molecule has 6 nitrogen and oxygen atoms in total. The third-order valence-corrected chi connectivity index (χ3v) is 2.78. The Balaban J connectivity index is 2.16. The van der Waals surface area contributed by atoms with Crippen LogP contribution in [0.4, 0.5) is 11.6 Å². The van der Waals surface area contributed by atoms with Crippen LogP contribution in [0.15, 0.2) is 36.5 Å². The highest BCUT2D eigenvalue weighted by Gasteiger charge is 2.09. The number of hydrogen-bond donors (Lipinski definition) is 2. The molecule has 1 aromatic carbocycles. The van der Waals surface area contributed by atoms with Crippen molar-refractivity contribution in [1.29, 1.82) is 0 Å². The van der Waals surface area contributed by atoms with Crippen LogP contribution in [0.25, 0.3) is 0 Å². The fourth-order valence-electron chi connectivity index (χ4n) is 1.74. The Morgan fingerprint density at radius 3 is 2.86 bits per heavy atom. The molecule has 0 aliphatic carbocycles. The van der Waals surface area contributed by atoms with E-state index in [1.807, 2.05) is 31.2 Å². The second-order valence-corrected chi connectivity index (χ2v) is 4.35. The molecule has 6 heteroatoms. The number of amides is 1. The number of para-hydroxylation sites is 2. The van der Waals surface area contributed by atoms with Crippen LogP contribution < -0.4 is 15.4 Å². The average molecular weight is 286 g/mol. The normalized spacial score (nSPS) is 10.0. The van der Waals surface area contributed by atoms with E-state index in [4.69, 9.17) is 4.74 Å². The molecule has 0 spiro atoms. The average Bonchev–Trinajstić information content (AvgIpc) is 2.53. The molecule has 0 atom stereocenters. The van der Waals surface area contributed by atoms with Crippen molar-refractivity contribution >= 4 is 17.5 Å². The number of benzene rings is 1. The van der Waals surface area contributed by atoms with Crippen LogP contribution >= 0.6 is 0 Å². The van der Waals surface area contributed by atoms with Gasteiger partial charge in [-0.2, -0.15) is 0 Å². The lowest BCUT2D eigenvalue weighted by Gasteiger charge is -2.10. The van der Waals surface area contributed by atoms with Gasteiger partial charge in [-0.1, -0.05) is 19.1 Å². The lowest BCUT2D eigenvalue weighted by Crippen LogP contribution is -2.25. The number of anilines is 2. The van der Waals surface area contributed by atoms with Crippen LogP contribution in [0.1, 0.15) is 23.8 Å². The summed E-state index contributed by atoms with van der Waals surface area (Å²) < 4.78 is 5.25. The summed E-state index contributed by atoms with van der Waals surface area (Å²) in [7, 11) is 1.59. The van der Waals surface area contributed by atoms with Crippen LogP contribution in [0.5, 0.6) is 5.75 Å². The molecule has 2 N–H and O–H groups in total. The van der Waals surface area contributed by atoms with Gasteiger partial charge in [0.15, 0.2) is 0 Å². The lowest BCUT2D eigenvalue weighted by molar-refractivity contribution is 0.0948. The number of nitrogens with zero attached hydrogens (tertiary/aromatic N) is 2. The molecule has 2 aromatic rings. The lowest BCUT2D eigenvalue weighted by atomic mass is 10.3. The maximum Gasteiger partial charge on any atom is 0.270 e. The first-order valence-electron chi connectivity index (χ1n) is 6.76. The molecular weight excluding hydrogens is 268 g/mol. The summed E-state index contributed by atoms with van der Waals surface area (Å²) in [5, 5.41) is 5.83. The van der Waals surface area contributed by atoms with Gasteiger partial charge in [0.2, 0.25) is 5.95 Å². The number of aromatic nitrogens is 2. The van der Waals surface area contributed by atoms with Gasteiger partial charge < -0.3 is 15.4 Å². The Hall–Kier alpha value is -2.63. The molecule has 1 amide bonds. The van der Waals surface area contributed by atoms with E-state index >= 15 is 0 Å². The van der Waals surface area contributed by atoms with Gasteiger partial charge in [-0.25, -0.2) is 9.97 Å². The van der Waals surface area contributed by atoms with Gasteiger partial charge >= 0.3 is 0 Å². The van der Waals surface area contributed by atoms with Crippen molar-refractivity contribution < 1.29 is 9.53 Å². The summed E-state index contributed by atoms with van der Waals surface area (Å²) in [4.78, 5) is 20.2. The van der Waals surface area contributed by atoms with Crippen LogP contribution in [-0.2, 0) is 0 Å². The summed E-state index contributed by atoms with van der Waals surface area (Å²) >= 11 is 0. The quantitative estimate of drug-likeness (QED) is 0.852. The van der Waals surface area contributed by atoms with Crippen LogP contribution in [0.2, 0.25) is 0 Å². The zero-order chi connectivity index (χ0) is 15.1. The fourth-order valence-corrected chi connectivity index (χ4v) is 1.74. The Kier molecular flexibility index (Phi) is 5.09. The second-order valence-electron chi connectivity index (χ2n) is 4.35. The minimum atomic E-state index is -0.206. The number of nitrogens with one attached hydrogen (secondary N) is 2. The molecule has 0 saturated carbocycles. The van der Waals surface area contributed by atoms with Gasteiger partial charge in [-0.15, -0.1) is 0 Å². The number of methoxy groups -OCH3 is 1. The molecule has 21 heavy (non-hydrogen) atoms. The van der Waals surface area contributed by atoms with Crippen molar-refractivity contribution in [2.24, 2.45) is 0 Å². The smallest absolute Gasteiger partial charge is 0.270 e. The van der Waals surface area contributed by atoms with Crippen molar-refractivity contribution in [3.05, 3.63) is 42.2 Å². The Morgan fingerprint density at radius 2 is 2.10 bits per heavy atom. The summed E-state index contributed by atoms with van der Waals surface area (Å²) in [6.07, 6.45) is 2.43. The molecule has 0 aliphatic rings. The zero-order valence-corrected chi connectivity index (χ0v) is 12.1. The van der Waals surface area contributed by atoms with E-state index in [9.17, 15) is 4.79 Å². The first-order chi connectivity index (χ1) is 10.2. The molecule has 0 radical (unpaired) electrons. The zero-order valence-electron chi connectivity index (χ0n) is 12.1. The SMILES string of the molecule is CCCNC(=O)c1ccnc(Nc2ccccc2OC)n1. The van der Waals surface area contributed by atoms with Crippen molar-refractivity contribution in [1.82, 2.24) is 15.3 Å². The third kappa shape index (κ3) is 3.92. The Bertz CT molecular complexity index is 616. The molecular formula is C15H18N4O2. The number of carbonyl (C=O) groups is 1. The molecule has 0 unspecified atom stereocenters. The van der Waals surface area contributed by atoms with E-state index < -0.39 is 0 Å². The molecule has 110 valence electrons. The molecule has 0 fully saturated rings. The van der Waals surface area contributed by atoms with Crippen LogP contribution in [-0.4, -0.2) is 29.5 Å². The first kappa shape index (κ1) is 14.8. The third-order valence-electron chi connectivity index (χ3n) is 2.78. The molecule has 2 rings (SSSR count). The van der Waals surface area contributed by atoms with Crippen molar-refractivity contribution in [3.63, 3.8) is 0 Å². The van der Waals surface area contributed by atoms with Gasteiger partial charge in [-0.3, -0.25) is 4.79 Å². The Labute approximate surface area is 123 Å². The van der Waals surface area contributed by atoms with Gasteiger partial charge in [0.1, 0.15) is 11.4 Å². The number of rotatable bonds is 6. The molecule has 1 aromatic heterocycles. The molecule has 0 saturated heterocycles. The highest BCUT2D eigenvalue weighted by Crippen LogP contribution is 2.25. The maximum atomic E-state index is 11.9. The predicted octanol–water partition coefficient (Wildman–Crippen LogP) is 2.37. The van der Waals surface area contributed by atoms with E-state index in [0.717, 1.165) is 12.1 Å². The topological polar surface area (TPSA) is 76.1 Å². The minimum Gasteiger partial charge on any atom is -0.495 e. The van der Waals surface area contributed by atoms with Crippen LogP contribution in [0.3, 0.4) is 0 Å². The molecule has 0 aliphatic heterocycles. The number of ether oxygens (including phenoxy) is 1. The van der Waals surface area contributed by atoms with Crippen molar-refractivity contribution in [2.45, 2.75) is 13.3 Å². The van der Waals surface area contributed by atoms with E-state index in [0.29, 0.717) is 23.9 Å². The van der Waals surface area contributed by atoms with Crippen LogP contribution in [0, 0.1) is 0 Å². The summed E-state index contributed by atoms with van der Waals surface area (Å²) in [6.45, 7) is 2.62. The second kappa shape index (κ2) is 7.23. The predicted molar refractivity (Wildman–Crippen MR) is 80.9 cm³/mol. The molecule has 0 bridgehead atoms. The maximum absolute atomic E-state index is 11.9. The number of hydrogen-bond acceptors (Lipinski definition) is 5. The highest BCUT2D eigenvalue weighted by molar-refractivity contribution is 5.92. The standard InChI is InChI=1S/C15H18N4O2/c1-3-9-16-14(20)12-8-10-17-15(19-12)18-11-6-4-5-7-13(11)21-2/h4-8,10H,3,9H2,1-2H3,(H,16,20)(H,17,18,19). The van der Waals surface area contributed by atoms with Gasteiger partial charge in [-0.05, 0) is 24.6 Å². The van der Waals surface area contributed by atoms with Crippen molar-refractivity contribution in [3.8, 4) is 5.75 Å². The summed E-state index contributed by atoms with van der Waals surface area (Å²) in [6, 6.07) is 9.02. The first-order valence-corrected chi connectivity index (χ1v) is 6.76. The molecule has 1 heterocycles. The van der Waals surface area contributed by atoms with Gasteiger partial charge in [0.05, 0.1) is 12.8 Å². The number of carbonyl (C=O) groups excluding carboxylic acids is 1. The largest absolute Gasteiger partial charge is 0.495 e. The van der Waals surface area contributed by atoms with E-state index in [2.05, 4.69) is 20.6 Å².